The number of rotatable bonds is 7. The fraction of sp³-hybridized carbons (Fsp3) is 0.393. The SMILES string of the molecule is CC(=O)N1CCN(C(=O)c2coc(CN(Cc3cc(C)ccc3C)C(C)c3ccccc3)n2)CC1. The molecule has 1 saturated heterocycles. The molecule has 7 heteroatoms. The number of benzene rings is 2. The Labute approximate surface area is 207 Å². The van der Waals surface area contributed by atoms with Gasteiger partial charge < -0.3 is 14.2 Å². The number of aromatic nitrogens is 1. The summed E-state index contributed by atoms with van der Waals surface area (Å²) in [4.78, 5) is 34.9. The summed E-state index contributed by atoms with van der Waals surface area (Å²) < 4.78 is 5.78. The third kappa shape index (κ3) is 5.98. The van der Waals surface area contributed by atoms with E-state index in [9.17, 15) is 9.59 Å². The standard InChI is InChI=1S/C28H34N4O3/c1-20-10-11-21(2)25(16-20)17-32(22(3)24-8-6-5-7-9-24)18-27-29-26(19-35-27)28(34)31-14-12-30(13-15-31)23(4)33/h5-11,16,19,22H,12-15,17-18H2,1-4H3. The molecular weight excluding hydrogens is 440 g/mol. The first kappa shape index (κ1) is 24.7. The van der Waals surface area contributed by atoms with Crippen molar-refractivity contribution in [2.45, 2.75) is 46.8 Å². The minimum Gasteiger partial charge on any atom is -0.447 e. The van der Waals surface area contributed by atoms with Crippen LogP contribution in [0.5, 0.6) is 0 Å². The van der Waals surface area contributed by atoms with E-state index >= 15 is 0 Å². The van der Waals surface area contributed by atoms with Crippen molar-refractivity contribution in [3.8, 4) is 0 Å². The number of amides is 2. The van der Waals surface area contributed by atoms with Crippen LogP contribution in [0.3, 0.4) is 0 Å². The Balaban J connectivity index is 1.51. The summed E-state index contributed by atoms with van der Waals surface area (Å²) >= 11 is 0. The average Bonchev–Trinajstić information content (AvgIpc) is 3.34. The number of aryl methyl sites for hydroxylation is 2. The summed E-state index contributed by atoms with van der Waals surface area (Å²) in [6.45, 7) is 11.3. The van der Waals surface area contributed by atoms with Crippen LogP contribution in [0, 0.1) is 13.8 Å². The van der Waals surface area contributed by atoms with Gasteiger partial charge >= 0.3 is 0 Å². The van der Waals surface area contributed by atoms with Crippen molar-refractivity contribution in [3.05, 3.63) is 88.6 Å². The molecule has 0 spiro atoms. The molecule has 0 saturated carbocycles. The van der Waals surface area contributed by atoms with Crippen molar-refractivity contribution in [1.29, 1.82) is 0 Å². The van der Waals surface area contributed by atoms with Crippen LogP contribution in [0.1, 0.15) is 58.5 Å². The zero-order chi connectivity index (χ0) is 24.9. The molecule has 0 radical (unpaired) electrons. The zero-order valence-corrected chi connectivity index (χ0v) is 21.0. The maximum atomic E-state index is 13.0. The molecule has 1 aliphatic heterocycles. The van der Waals surface area contributed by atoms with Gasteiger partial charge in [-0.3, -0.25) is 14.5 Å². The van der Waals surface area contributed by atoms with Gasteiger partial charge in [-0.15, -0.1) is 0 Å². The number of hydrogen-bond acceptors (Lipinski definition) is 5. The summed E-state index contributed by atoms with van der Waals surface area (Å²) in [5.41, 5.74) is 5.26. The lowest BCUT2D eigenvalue weighted by Gasteiger charge is -2.33. The molecule has 7 nitrogen and oxygen atoms in total. The van der Waals surface area contributed by atoms with E-state index in [4.69, 9.17) is 4.42 Å². The zero-order valence-electron chi connectivity index (χ0n) is 21.0. The van der Waals surface area contributed by atoms with Crippen molar-refractivity contribution in [2.75, 3.05) is 26.2 Å². The van der Waals surface area contributed by atoms with Gasteiger partial charge in [0.15, 0.2) is 5.69 Å². The highest BCUT2D eigenvalue weighted by Gasteiger charge is 2.26. The first-order valence-electron chi connectivity index (χ1n) is 12.2. The van der Waals surface area contributed by atoms with E-state index in [1.54, 1.807) is 16.7 Å². The molecule has 0 bridgehead atoms. The van der Waals surface area contributed by atoms with Gasteiger partial charge in [0.25, 0.3) is 5.91 Å². The number of carbonyl (C=O) groups excluding carboxylic acids is 2. The largest absolute Gasteiger partial charge is 0.447 e. The highest BCUT2D eigenvalue weighted by Crippen LogP contribution is 2.26. The van der Waals surface area contributed by atoms with Gasteiger partial charge in [-0.25, -0.2) is 4.98 Å². The molecule has 1 fully saturated rings. The van der Waals surface area contributed by atoms with Crippen LogP contribution in [-0.2, 0) is 17.9 Å². The third-order valence-electron chi connectivity index (χ3n) is 6.83. The third-order valence-corrected chi connectivity index (χ3v) is 6.83. The van der Waals surface area contributed by atoms with Crippen molar-refractivity contribution in [1.82, 2.24) is 19.7 Å². The molecular formula is C28H34N4O3. The first-order chi connectivity index (χ1) is 16.8. The van der Waals surface area contributed by atoms with Crippen LogP contribution in [0.25, 0.3) is 0 Å². The maximum Gasteiger partial charge on any atom is 0.275 e. The van der Waals surface area contributed by atoms with E-state index < -0.39 is 0 Å². The predicted octanol–water partition coefficient (Wildman–Crippen LogP) is 4.36. The Morgan fingerprint density at radius 2 is 1.69 bits per heavy atom. The summed E-state index contributed by atoms with van der Waals surface area (Å²) in [6, 6.07) is 17.0. The molecule has 4 rings (SSSR count). The molecule has 1 aliphatic rings. The van der Waals surface area contributed by atoms with Gasteiger partial charge in [0.2, 0.25) is 11.8 Å². The van der Waals surface area contributed by atoms with E-state index in [0.717, 1.165) is 6.54 Å². The highest BCUT2D eigenvalue weighted by atomic mass is 16.3. The number of nitrogens with zero attached hydrogens (tertiary/aromatic N) is 4. The topological polar surface area (TPSA) is 69.9 Å². The Kier molecular flexibility index (Phi) is 7.66. The van der Waals surface area contributed by atoms with Crippen LogP contribution in [0.2, 0.25) is 0 Å². The maximum absolute atomic E-state index is 13.0. The molecule has 3 aromatic rings. The van der Waals surface area contributed by atoms with Gasteiger partial charge in [-0.2, -0.15) is 0 Å². The molecule has 2 amide bonds. The quantitative estimate of drug-likeness (QED) is 0.509. The Morgan fingerprint density at radius 3 is 2.37 bits per heavy atom. The van der Waals surface area contributed by atoms with E-state index in [1.165, 1.54) is 28.5 Å². The van der Waals surface area contributed by atoms with Crippen molar-refractivity contribution < 1.29 is 14.0 Å². The normalized spacial score (nSPS) is 14.9. The number of carbonyl (C=O) groups is 2. The van der Waals surface area contributed by atoms with Gasteiger partial charge in [-0.05, 0) is 37.5 Å². The molecule has 2 heterocycles. The minimum absolute atomic E-state index is 0.0392. The molecule has 35 heavy (non-hydrogen) atoms. The summed E-state index contributed by atoms with van der Waals surface area (Å²) in [6.07, 6.45) is 1.46. The number of piperazine rings is 1. The lowest BCUT2D eigenvalue weighted by molar-refractivity contribution is -0.130. The van der Waals surface area contributed by atoms with Crippen LogP contribution in [0.15, 0.2) is 59.2 Å². The van der Waals surface area contributed by atoms with Gasteiger partial charge in [0.1, 0.15) is 6.26 Å². The monoisotopic (exact) mass is 474 g/mol. The first-order valence-corrected chi connectivity index (χ1v) is 12.2. The molecule has 1 atom stereocenters. The average molecular weight is 475 g/mol. The molecule has 0 N–H and O–H groups in total. The second-order valence-electron chi connectivity index (χ2n) is 9.35. The molecule has 2 aromatic carbocycles. The van der Waals surface area contributed by atoms with Gasteiger partial charge in [0.05, 0.1) is 6.54 Å². The minimum atomic E-state index is -0.152. The van der Waals surface area contributed by atoms with E-state index in [0.29, 0.717) is 44.3 Å². The van der Waals surface area contributed by atoms with Gasteiger partial charge in [0, 0.05) is 45.7 Å². The Hall–Kier alpha value is -3.45. The molecule has 1 aromatic heterocycles. The highest BCUT2D eigenvalue weighted by molar-refractivity contribution is 5.92. The van der Waals surface area contributed by atoms with Crippen LogP contribution < -0.4 is 0 Å². The summed E-state index contributed by atoms with van der Waals surface area (Å²) in [7, 11) is 0. The predicted molar refractivity (Wildman–Crippen MR) is 135 cm³/mol. The van der Waals surface area contributed by atoms with E-state index in [1.807, 2.05) is 6.07 Å². The fourth-order valence-corrected chi connectivity index (χ4v) is 4.50. The molecule has 1 unspecified atom stereocenters. The van der Waals surface area contributed by atoms with Crippen LogP contribution in [0.4, 0.5) is 0 Å². The van der Waals surface area contributed by atoms with Gasteiger partial charge in [-0.1, -0.05) is 54.1 Å². The van der Waals surface area contributed by atoms with E-state index in [2.05, 4.69) is 73.1 Å². The van der Waals surface area contributed by atoms with Crippen LogP contribution in [-0.4, -0.2) is 57.7 Å². The second-order valence-corrected chi connectivity index (χ2v) is 9.35. The molecule has 0 aliphatic carbocycles. The lowest BCUT2D eigenvalue weighted by atomic mass is 10.0. The molecule has 184 valence electrons. The summed E-state index contributed by atoms with van der Waals surface area (Å²) in [5, 5.41) is 0. The van der Waals surface area contributed by atoms with Crippen molar-refractivity contribution in [2.24, 2.45) is 0 Å². The summed E-state index contributed by atoms with van der Waals surface area (Å²) in [5.74, 6) is 0.404. The number of oxazole rings is 1. The lowest BCUT2D eigenvalue weighted by Crippen LogP contribution is -2.50. The van der Waals surface area contributed by atoms with Crippen molar-refractivity contribution in [3.63, 3.8) is 0 Å². The Bertz CT molecular complexity index is 1170. The second kappa shape index (κ2) is 10.9. The fourth-order valence-electron chi connectivity index (χ4n) is 4.50. The number of hydrogen-bond donors (Lipinski definition) is 0. The van der Waals surface area contributed by atoms with Crippen LogP contribution >= 0.6 is 0 Å². The van der Waals surface area contributed by atoms with Crippen molar-refractivity contribution >= 4 is 11.8 Å². The smallest absolute Gasteiger partial charge is 0.275 e. The van der Waals surface area contributed by atoms with E-state index in [-0.39, 0.29) is 17.9 Å². The Morgan fingerprint density at radius 1 is 1.00 bits per heavy atom.